The highest BCUT2D eigenvalue weighted by Crippen LogP contribution is 2.40. The van der Waals surface area contributed by atoms with Gasteiger partial charge in [0.1, 0.15) is 0 Å². The summed E-state index contributed by atoms with van der Waals surface area (Å²) in [6, 6.07) is 7.97. The zero-order valence-electron chi connectivity index (χ0n) is 14.0. The summed E-state index contributed by atoms with van der Waals surface area (Å²) < 4.78 is 2.18. The molecule has 0 radical (unpaired) electrons. The first kappa shape index (κ1) is 16.1. The van der Waals surface area contributed by atoms with Crippen molar-refractivity contribution >= 4 is 16.9 Å². The number of carboxylic acids is 1. The predicted octanol–water partition coefficient (Wildman–Crippen LogP) is 4.15. The van der Waals surface area contributed by atoms with E-state index in [1.54, 1.807) is 0 Å². The number of nitrogens with zero attached hydrogens (tertiary/aromatic N) is 1. The second-order valence-electron chi connectivity index (χ2n) is 7.23. The van der Waals surface area contributed by atoms with Crippen LogP contribution in [0.3, 0.4) is 0 Å². The molecule has 1 aromatic heterocycles. The van der Waals surface area contributed by atoms with Gasteiger partial charge in [-0.15, -0.1) is 0 Å². The van der Waals surface area contributed by atoms with Crippen molar-refractivity contribution in [3.8, 4) is 0 Å². The van der Waals surface area contributed by atoms with Crippen LogP contribution < -0.4 is 0 Å². The number of rotatable bonds is 3. The molecule has 0 saturated heterocycles. The molecule has 0 spiro atoms. The van der Waals surface area contributed by atoms with Crippen molar-refractivity contribution in [2.45, 2.75) is 58.1 Å². The molecular weight excluding hydrogens is 290 g/mol. The molecular formula is C19H25NO3. The van der Waals surface area contributed by atoms with Gasteiger partial charge in [-0.2, -0.15) is 0 Å². The number of aliphatic hydroxyl groups is 1. The molecule has 3 rings (SSSR count). The molecule has 4 nitrogen and oxygen atoms in total. The number of fused-ring (bicyclic) bond motifs is 1. The third-order valence-corrected chi connectivity index (χ3v) is 5.57. The number of benzene rings is 1. The van der Waals surface area contributed by atoms with Gasteiger partial charge in [-0.05, 0) is 58.4 Å². The molecule has 23 heavy (non-hydrogen) atoms. The van der Waals surface area contributed by atoms with Gasteiger partial charge < -0.3 is 14.8 Å². The van der Waals surface area contributed by atoms with Gasteiger partial charge in [0.25, 0.3) is 0 Å². The minimum Gasteiger partial charge on any atom is -0.478 e. The van der Waals surface area contributed by atoms with Crippen LogP contribution in [0.1, 0.15) is 61.6 Å². The first-order chi connectivity index (χ1) is 10.8. The molecule has 1 aliphatic carbocycles. The molecule has 1 heterocycles. The highest BCUT2D eigenvalue weighted by Gasteiger charge is 2.33. The Morgan fingerprint density at radius 1 is 1.30 bits per heavy atom. The maximum Gasteiger partial charge on any atom is 0.338 e. The number of hydrogen-bond donors (Lipinski definition) is 2. The Kier molecular flexibility index (Phi) is 3.96. The van der Waals surface area contributed by atoms with Crippen LogP contribution in [-0.2, 0) is 0 Å². The van der Waals surface area contributed by atoms with Crippen LogP contribution in [0.5, 0.6) is 0 Å². The van der Waals surface area contributed by atoms with E-state index in [0.29, 0.717) is 11.5 Å². The average Bonchev–Trinajstić information content (AvgIpc) is 2.78. The van der Waals surface area contributed by atoms with Gasteiger partial charge in [-0.25, -0.2) is 4.79 Å². The normalized spacial score (nSPS) is 26.3. The predicted molar refractivity (Wildman–Crippen MR) is 90.9 cm³/mol. The van der Waals surface area contributed by atoms with E-state index in [0.717, 1.165) is 42.3 Å². The van der Waals surface area contributed by atoms with E-state index in [9.17, 15) is 15.0 Å². The molecule has 1 atom stereocenters. The number of aromatic carboxylic acids is 1. The fraction of sp³-hybridized carbons (Fsp3) is 0.526. The second-order valence-corrected chi connectivity index (χ2v) is 7.23. The van der Waals surface area contributed by atoms with Crippen molar-refractivity contribution in [2.24, 2.45) is 5.92 Å². The van der Waals surface area contributed by atoms with Gasteiger partial charge in [0.05, 0.1) is 11.2 Å². The number of hydrogen-bond acceptors (Lipinski definition) is 2. The Morgan fingerprint density at radius 2 is 1.91 bits per heavy atom. The van der Waals surface area contributed by atoms with Crippen molar-refractivity contribution < 1.29 is 15.0 Å². The van der Waals surface area contributed by atoms with Crippen LogP contribution in [0.4, 0.5) is 0 Å². The average molecular weight is 315 g/mol. The lowest BCUT2D eigenvalue weighted by atomic mass is 9.77. The van der Waals surface area contributed by atoms with Crippen LogP contribution in [0, 0.1) is 12.8 Å². The minimum atomic E-state index is -0.865. The summed E-state index contributed by atoms with van der Waals surface area (Å²) in [5, 5.41) is 20.6. The summed E-state index contributed by atoms with van der Waals surface area (Å²) in [6.45, 7) is 5.99. The van der Waals surface area contributed by atoms with Crippen molar-refractivity contribution in [1.29, 1.82) is 0 Å². The quantitative estimate of drug-likeness (QED) is 0.894. The molecule has 1 fully saturated rings. The Bertz CT molecular complexity index is 734. The lowest BCUT2D eigenvalue weighted by Crippen LogP contribution is -2.33. The largest absolute Gasteiger partial charge is 0.478 e. The third-order valence-electron chi connectivity index (χ3n) is 5.57. The maximum absolute atomic E-state index is 11.7. The first-order valence-electron chi connectivity index (χ1n) is 8.37. The number of carboxylic acid groups (broad SMARTS) is 1. The summed E-state index contributed by atoms with van der Waals surface area (Å²) in [5.41, 5.74) is 1.68. The van der Waals surface area contributed by atoms with Crippen molar-refractivity contribution in [1.82, 2.24) is 4.57 Å². The molecule has 0 aliphatic heterocycles. The number of aromatic nitrogens is 1. The molecule has 0 amide bonds. The van der Waals surface area contributed by atoms with Crippen LogP contribution in [0.15, 0.2) is 24.3 Å². The summed E-state index contributed by atoms with van der Waals surface area (Å²) in [6.07, 6.45) is 3.57. The monoisotopic (exact) mass is 315 g/mol. The van der Waals surface area contributed by atoms with E-state index in [1.807, 2.05) is 38.1 Å². The van der Waals surface area contributed by atoms with Crippen molar-refractivity contribution in [3.63, 3.8) is 0 Å². The fourth-order valence-electron chi connectivity index (χ4n) is 4.14. The van der Waals surface area contributed by atoms with Gasteiger partial charge in [0.15, 0.2) is 0 Å². The molecule has 124 valence electrons. The summed E-state index contributed by atoms with van der Waals surface area (Å²) in [4.78, 5) is 11.7. The van der Waals surface area contributed by atoms with Crippen molar-refractivity contribution in [3.05, 3.63) is 35.5 Å². The topological polar surface area (TPSA) is 62.5 Å². The highest BCUT2D eigenvalue weighted by molar-refractivity contribution is 6.05. The van der Waals surface area contributed by atoms with Gasteiger partial charge >= 0.3 is 5.97 Å². The second kappa shape index (κ2) is 5.68. The summed E-state index contributed by atoms with van der Waals surface area (Å²) in [5.74, 6) is -0.400. The number of para-hydroxylation sites is 1. The molecule has 0 bridgehead atoms. The van der Waals surface area contributed by atoms with Crippen LogP contribution in [0.2, 0.25) is 0 Å². The highest BCUT2D eigenvalue weighted by atomic mass is 16.4. The fourth-order valence-corrected chi connectivity index (χ4v) is 4.14. The number of carbonyl (C=O) groups is 1. The summed E-state index contributed by atoms with van der Waals surface area (Å²) >= 11 is 0. The van der Waals surface area contributed by atoms with Crippen LogP contribution >= 0.6 is 0 Å². The molecule has 1 aromatic carbocycles. The van der Waals surface area contributed by atoms with Crippen LogP contribution in [0.25, 0.3) is 10.9 Å². The SMILES string of the molecule is Cc1c(C(=O)O)c2ccccc2n1[C@H](C)C1CCC(C)(O)CC1. The molecule has 1 aliphatic rings. The molecule has 2 aromatic rings. The Labute approximate surface area is 136 Å². The maximum atomic E-state index is 11.7. The molecule has 0 unspecified atom stereocenters. The smallest absolute Gasteiger partial charge is 0.338 e. The van der Waals surface area contributed by atoms with E-state index < -0.39 is 11.6 Å². The van der Waals surface area contributed by atoms with Gasteiger partial charge in [0.2, 0.25) is 0 Å². The molecule has 1 saturated carbocycles. The van der Waals surface area contributed by atoms with Gasteiger partial charge in [0, 0.05) is 22.6 Å². The standard InChI is InChI=1S/C19H25NO3/c1-12(14-8-10-19(3,23)11-9-14)20-13(2)17(18(21)22)15-6-4-5-7-16(15)20/h4-7,12,14,23H,8-11H2,1-3H3,(H,21,22)/t12-,14?,19?/m1/s1. The lowest BCUT2D eigenvalue weighted by Gasteiger charge is -2.37. The van der Waals surface area contributed by atoms with E-state index in [-0.39, 0.29) is 6.04 Å². The van der Waals surface area contributed by atoms with Crippen molar-refractivity contribution in [2.75, 3.05) is 0 Å². The Hall–Kier alpha value is -1.81. The van der Waals surface area contributed by atoms with E-state index in [2.05, 4.69) is 11.5 Å². The zero-order valence-corrected chi connectivity index (χ0v) is 14.0. The Balaban J connectivity index is 2.03. The van der Waals surface area contributed by atoms with Gasteiger partial charge in [-0.3, -0.25) is 0 Å². The summed E-state index contributed by atoms with van der Waals surface area (Å²) in [7, 11) is 0. The van der Waals surface area contributed by atoms with Crippen LogP contribution in [-0.4, -0.2) is 26.4 Å². The van der Waals surface area contributed by atoms with E-state index in [1.165, 1.54) is 0 Å². The Morgan fingerprint density at radius 3 is 2.52 bits per heavy atom. The minimum absolute atomic E-state index is 0.226. The zero-order chi connectivity index (χ0) is 16.8. The first-order valence-corrected chi connectivity index (χ1v) is 8.37. The van der Waals surface area contributed by atoms with Gasteiger partial charge in [-0.1, -0.05) is 18.2 Å². The van der Waals surface area contributed by atoms with E-state index in [4.69, 9.17) is 0 Å². The lowest BCUT2D eigenvalue weighted by molar-refractivity contribution is 0.00153. The van der Waals surface area contributed by atoms with E-state index >= 15 is 0 Å². The molecule has 4 heteroatoms. The third kappa shape index (κ3) is 2.76. The molecule has 2 N–H and O–H groups in total.